The molecule has 0 aliphatic rings. The molecule has 4 nitrogen and oxygen atoms in total. The van der Waals surface area contributed by atoms with Crippen molar-refractivity contribution in [1.29, 1.82) is 0 Å². The third kappa shape index (κ3) is 4.02. The zero-order valence-corrected chi connectivity index (χ0v) is 10.1. The minimum absolute atomic E-state index is 0.0525. The molecular weight excluding hydrogens is 226 g/mol. The zero-order valence-electron chi connectivity index (χ0n) is 9.32. The first kappa shape index (κ1) is 12.7. The lowest BCUT2D eigenvalue weighted by molar-refractivity contribution is -0.137. The Hall–Kier alpha value is -1.36. The topological polar surface area (TPSA) is 66.4 Å². The van der Waals surface area contributed by atoms with E-state index < -0.39 is 11.5 Å². The van der Waals surface area contributed by atoms with Crippen LogP contribution in [-0.4, -0.2) is 22.5 Å². The molecule has 0 aliphatic heterocycles. The number of nitrogens with one attached hydrogen (secondary N) is 1. The molecule has 0 atom stereocenters. The monoisotopic (exact) mass is 241 g/mol. The lowest BCUT2D eigenvalue weighted by Crippen LogP contribution is -2.43. The van der Waals surface area contributed by atoms with Crippen molar-refractivity contribution >= 4 is 23.2 Å². The quantitative estimate of drug-likeness (QED) is 0.829. The summed E-state index contributed by atoms with van der Waals surface area (Å²) in [5, 5.41) is 15.0. The van der Waals surface area contributed by atoms with Gasteiger partial charge in [0, 0.05) is 17.3 Å². The van der Waals surface area contributed by atoms with Crippen molar-refractivity contribution in [3.05, 3.63) is 22.4 Å². The second-order valence-corrected chi connectivity index (χ2v) is 5.02. The van der Waals surface area contributed by atoms with Gasteiger partial charge in [0.2, 0.25) is 0 Å². The Morgan fingerprint density at radius 3 is 2.69 bits per heavy atom. The van der Waals surface area contributed by atoms with Crippen LogP contribution in [0.5, 0.6) is 0 Å². The summed E-state index contributed by atoms with van der Waals surface area (Å²) in [6.45, 7) is 3.64. The average molecular weight is 241 g/mol. The molecule has 0 aromatic carbocycles. The molecule has 0 bridgehead atoms. The van der Waals surface area contributed by atoms with E-state index in [1.807, 2.05) is 19.2 Å². The molecule has 0 radical (unpaired) electrons. The number of hydrogen-bond donors (Lipinski definition) is 2. The van der Waals surface area contributed by atoms with Gasteiger partial charge in [-0.25, -0.2) is 0 Å². The fourth-order valence-corrected chi connectivity index (χ4v) is 1.89. The van der Waals surface area contributed by atoms with Crippen LogP contribution in [0.3, 0.4) is 0 Å². The number of carboxylic acids is 1. The number of amides is 1. The van der Waals surface area contributed by atoms with Gasteiger partial charge in [-0.15, -0.1) is 0 Å². The van der Waals surface area contributed by atoms with E-state index in [0.29, 0.717) is 12.0 Å². The molecule has 1 amide bonds. The van der Waals surface area contributed by atoms with Gasteiger partial charge in [0.25, 0.3) is 5.91 Å². The van der Waals surface area contributed by atoms with E-state index >= 15 is 0 Å². The van der Waals surface area contributed by atoms with E-state index in [9.17, 15) is 9.59 Å². The molecule has 1 rings (SSSR count). The Bertz CT molecular complexity index is 371. The summed E-state index contributed by atoms with van der Waals surface area (Å²) in [5.41, 5.74) is 0.116. The van der Waals surface area contributed by atoms with Crippen LogP contribution < -0.4 is 5.32 Å². The maximum absolute atomic E-state index is 11.7. The van der Waals surface area contributed by atoms with Gasteiger partial charge in [-0.1, -0.05) is 0 Å². The molecule has 0 saturated heterocycles. The molecule has 16 heavy (non-hydrogen) atoms. The van der Waals surface area contributed by atoms with Crippen molar-refractivity contribution in [3.63, 3.8) is 0 Å². The lowest BCUT2D eigenvalue weighted by atomic mass is 9.98. The van der Waals surface area contributed by atoms with Crippen LogP contribution in [0, 0.1) is 0 Å². The molecule has 0 spiro atoms. The predicted octanol–water partition coefficient (Wildman–Crippen LogP) is 2.12. The van der Waals surface area contributed by atoms with E-state index in [1.165, 1.54) is 11.3 Å². The molecule has 1 aromatic heterocycles. The Kier molecular flexibility index (Phi) is 4.06. The van der Waals surface area contributed by atoms with Crippen LogP contribution in [0.15, 0.2) is 16.8 Å². The van der Waals surface area contributed by atoms with Gasteiger partial charge >= 0.3 is 5.97 Å². The molecule has 0 saturated carbocycles. The average Bonchev–Trinajstić information content (AvgIpc) is 2.67. The standard InChI is InChI=1S/C11H15NO3S/c1-11(2,5-3-9(13)14)12-10(15)8-4-6-16-7-8/h4,6-7H,3,5H2,1-2H3,(H,12,15)(H,13,14). The van der Waals surface area contributed by atoms with Crippen molar-refractivity contribution < 1.29 is 14.7 Å². The zero-order chi connectivity index (χ0) is 12.2. The fraction of sp³-hybridized carbons (Fsp3) is 0.455. The third-order valence-corrected chi connectivity index (χ3v) is 2.88. The fourth-order valence-electron chi connectivity index (χ4n) is 1.26. The summed E-state index contributed by atoms with van der Waals surface area (Å²) in [6.07, 6.45) is 0.467. The van der Waals surface area contributed by atoms with E-state index in [4.69, 9.17) is 5.11 Å². The Morgan fingerprint density at radius 1 is 1.50 bits per heavy atom. The number of hydrogen-bond acceptors (Lipinski definition) is 3. The van der Waals surface area contributed by atoms with Crippen LogP contribution in [0.1, 0.15) is 37.0 Å². The first-order valence-corrected chi connectivity index (χ1v) is 5.91. The molecule has 0 fully saturated rings. The Morgan fingerprint density at radius 2 is 2.19 bits per heavy atom. The van der Waals surface area contributed by atoms with Crippen LogP contribution in [0.2, 0.25) is 0 Å². The molecule has 1 heterocycles. The Balaban J connectivity index is 2.52. The van der Waals surface area contributed by atoms with Gasteiger partial charge in [-0.2, -0.15) is 11.3 Å². The van der Waals surface area contributed by atoms with Crippen LogP contribution in [-0.2, 0) is 4.79 Å². The molecule has 0 unspecified atom stereocenters. The summed E-state index contributed by atoms with van der Waals surface area (Å²) in [6, 6.07) is 1.74. The number of aliphatic carboxylic acids is 1. The van der Waals surface area contributed by atoms with Crippen LogP contribution in [0.25, 0.3) is 0 Å². The van der Waals surface area contributed by atoms with Gasteiger partial charge in [-0.3, -0.25) is 9.59 Å². The van der Waals surface area contributed by atoms with Gasteiger partial charge in [-0.05, 0) is 31.7 Å². The number of carbonyl (C=O) groups excluding carboxylic acids is 1. The minimum Gasteiger partial charge on any atom is -0.481 e. The molecule has 2 N–H and O–H groups in total. The highest BCUT2D eigenvalue weighted by atomic mass is 32.1. The van der Waals surface area contributed by atoms with E-state index in [-0.39, 0.29) is 12.3 Å². The summed E-state index contributed by atoms with van der Waals surface area (Å²) >= 11 is 1.46. The summed E-state index contributed by atoms with van der Waals surface area (Å²) in [5.74, 6) is -1.01. The number of thiophene rings is 1. The third-order valence-electron chi connectivity index (χ3n) is 2.20. The summed E-state index contributed by atoms with van der Waals surface area (Å²) in [7, 11) is 0. The van der Waals surface area contributed by atoms with E-state index in [0.717, 1.165) is 0 Å². The van der Waals surface area contributed by atoms with Crippen molar-refractivity contribution in [2.45, 2.75) is 32.2 Å². The van der Waals surface area contributed by atoms with E-state index in [2.05, 4.69) is 5.32 Å². The molecule has 5 heteroatoms. The van der Waals surface area contributed by atoms with Crippen LogP contribution in [0.4, 0.5) is 0 Å². The minimum atomic E-state index is -0.849. The van der Waals surface area contributed by atoms with Crippen LogP contribution >= 0.6 is 11.3 Å². The van der Waals surface area contributed by atoms with Crippen molar-refractivity contribution in [2.75, 3.05) is 0 Å². The second-order valence-electron chi connectivity index (χ2n) is 4.24. The molecule has 88 valence electrons. The second kappa shape index (κ2) is 5.12. The first-order chi connectivity index (χ1) is 7.41. The molecular formula is C11H15NO3S. The smallest absolute Gasteiger partial charge is 0.303 e. The normalized spacial score (nSPS) is 11.1. The SMILES string of the molecule is CC(C)(CCC(=O)O)NC(=O)c1ccsc1. The molecule has 1 aromatic rings. The van der Waals surface area contributed by atoms with Crippen molar-refractivity contribution in [3.8, 4) is 0 Å². The number of rotatable bonds is 5. The van der Waals surface area contributed by atoms with Gasteiger partial charge in [0.15, 0.2) is 0 Å². The first-order valence-electron chi connectivity index (χ1n) is 4.97. The summed E-state index contributed by atoms with van der Waals surface area (Å²) in [4.78, 5) is 22.2. The predicted molar refractivity (Wildman–Crippen MR) is 62.7 cm³/mol. The maximum Gasteiger partial charge on any atom is 0.303 e. The molecule has 0 aliphatic carbocycles. The van der Waals surface area contributed by atoms with E-state index in [1.54, 1.807) is 11.4 Å². The highest BCUT2D eigenvalue weighted by Crippen LogP contribution is 2.13. The van der Waals surface area contributed by atoms with Crippen molar-refractivity contribution in [1.82, 2.24) is 5.32 Å². The maximum atomic E-state index is 11.7. The number of carbonyl (C=O) groups is 2. The lowest BCUT2D eigenvalue weighted by Gasteiger charge is -2.25. The number of carboxylic acid groups (broad SMARTS) is 1. The highest BCUT2D eigenvalue weighted by molar-refractivity contribution is 7.08. The van der Waals surface area contributed by atoms with Gasteiger partial charge in [0.1, 0.15) is 0 Å². The van der Waals surface area contributed by atoms with Gasteiger partial charge in [0.05, 0.1) is 5.56 Å². The Labute approximate surface area is 98.3 Å². The highest BCUT2D eigenvalue weighted by Gasteiger charge is 2.22. The largest absolute Gasteiger partial charge is 0.481 e. The van der Waals surface area contributed by atoms with Crippen molar-refractivity contribution in [2.24, 2.45) is 0 Å². The summed E-state index contributed by atoms with van der Waals surface area (Å²) < 4.78 is 0. The van der Waals surface area contributed by atoms with Gasteiger partial charge < -0.3 is 10.4 Å².